The van der Waals surface area contributed by atoms with Gasteiger partial charge in [-0.25, -0.2) is 9.37 Å². The van der Waals surface area contributed by atoms with E-state index >= 15 is 0 Å². The summed E-state index contributed by atoms with van der Waals surface area (Å²) in [5.74, 6) is 1.13. The van der Waals surface area contributed by atoms with Crippen molar-refractivity contribution in [2.45, 2.75) is 6.54 Å². The van der Waals surface area contributed by atoms with Crippen LogP contribution in [0.1, 0.15) is 15.9 Å². The van der Waals surface area contributed by atoms with Crippen molar-refractivity contribution in [2.75, 3.05) is 23.5 Å². The van der Waals surface area contributed by atoms with Crippen molar-refractivity contribution >= 4 is 23.2 Å². The number of hydrogen-bond donors (Lipinski definition) is 3. The number of carbonyl (C=O) groups is 1. The van der Waals surface area contributed by atoms with Crippen molar-refractivity contribution in [2.24, 2.45) is 0 Å². The highest BCUT2D eigenvalue weighted by Gasteiger charge is 2.12. The molecule has 0 saturated heterocycles. The van der Waals surface area contributed by atoms with Gasteiger partial charge in [-0.2, -0.15) is 0 Å². The fraction of sp³-hybridized carbons (Fsp3) is 0.100. The minimum absolute atomic E-state index is 0. The van der Waals surface area contributed by atoms with Gasteiger partial charge in [0.25, 0.3) is 5.91 Å². The van der Waals surface area contributed by atoms with Crippen LogP contribution in [-0.2, 0) is 6.54 Å². The van der Waals surface area contributed by atoms with E-state index in [4.69, 9.17) is 10.5 Å². The summed E-state index contributed by atoms with van der Waals surface area (Å²) in [7, 11) is 1.57. The number of ether oxygens (including phenoxy) is 1. The van der Waals surface area contributed by atoms with Gasteiger partial charge in [-0.3, -0.25) is 4.79 Å². The molecule has 0 fully saturated rings. The van der Waals surface area contributed by atoms with Gasteiger partial charge in [-0.05, 0) is 48.0 Å². The maximum atomic E-state index is 12.9. The first kappa shape index (κ1) is 21.0. The SMILES string of the molecule is COc1ccc(C(=O)Nc2ccc(NCc3ccc(F)cc3)[nH+]c2N)cc1.[Cl-]. The Hall–Kier alpha value is -3.32. The fourth-order valence-electron chi connectivity index (χ4n) is 2.46. The van der Waals surface area contributed by atoms with E-state index in [1.165, 1.54) is 12.1 Å². The minimum Gasteiger partial charge on any atom is -1.00 e. The minimum atomic E-state index is -0.273. The van der Waals surface area contributed by atoms with Gasteiger partial charge in [0.05, 0.1) is 13.7 Å². The predicted molar refractivity (Wildman–Crippen MR) is 102 cm³/mol. The number of hydrogen-bond acceptors (Lipinski definition) is 4. The Bertz CT molecular complexity index is 934. The number of amides is 1. The Balaban J connectivity index is 0.00000280. The number of nitrogens with two attached hydrogens (primary N) is 1. The Kier molecular flexibility index (Phi) is 7.17. The van der Waals surface area contributed by atoms with E-state index in [9.17, 15) is 9.18 Å². The molecule has 8 heteroatoms. The number of pyridine rings is 1. The van der Waals surface area contributed by atoms with Crippen molar-refractivity contribution < 1.29 is 31.3 Å². The van der Waals surface area contributed by atoms with Crippen LogP contribution in [0.15, 0.2) is 60.7 Å². The summed E-state index contributed by atoms with van der Waals surface area (Å²) in [6.45, 7) is 0.508. The molecule has 0 radical (unpaired) electrons. The molecule has 6 nitrogen and oxygen atoms in total. The van der Waals surface area contributed by atoms with Crippen LogP contribution >= 0.6 is 0 Å². The maximum absolute atomic E-state index is 12.9. The lowest BCUT2D eigenvalue weighted by Crippen LogP contribution is -3.00. The molecule has 3 rings (SSSR count). The quantitative estimate of drug-likeness (QED) is 0.545. The molecule has 1 aromatic heterocycles. The second kappa shape index (κ2) is 9.57. The molecule has 0 aliphatic heterocycles. The molecular weight excluding hydrogens is 383 g/mol. The highest BCUT2D eigenvalue weighted by Crippen LogP contribution is 2.18. The summed E-state index contributed by atoms with van der Waals surface area (Å²) in [6, 6.07) is 16.5. The van der Waals surface area contributed by atoms with Crippen LogP contribution < -0.4 is 38.5 Å². The molecule has 3 aromatic rings. The summed E-state index contributed by atoms with van der Waals surface area (Å²) in [5, 5.41) is 5.93. The highest BCUT2D eigenvalue weighted by molar-refractivity contribution is 6.05. The number of aromatic nitrogens is 1. The number of anilines is 3. The van der Waals surface area contributed by atoms with E-state index in [1.54, 1.807) is 55.6 Å². The van der Waals surface area contributed by atoms with E-state index in [0.29, 0.717) is 35.2 Å². The van der Waals surface area contributed by atoms with Crippen molar-refractivity contribution in [3.63, 3.8) is 0 Å². The van der Waals surface area contributed by atoms with Gasteiger partial charge in [-0.15, -0.1) is 0 Å². The van der Waals surface area contributed by atoms with E-state index in [0.717, 1.165) is 5.56 Å². The zero-order valence-corrected chi connectivity index (χ0v) is 15.9. The molecular formula is C20H20ClFN4O2. The monoisotopic (exact) mass is 402 g/mol. The Morgan fingerprint density at radius 2 is 1.75 bits per heavy atom. The van der Waals surface area contributed by atoms with E-state index in [-0.39, 0.29) is 24.1 Å². The molecule has 0 spiro atoms. The lowest BCUT2D eigenvalue weighted by atomic mass is 10.2. The van der Waals surface area contributed by atoms with Crippen molar-refractivity contribution in [1.29, 1.82) is 0 Å². The summed E-state index contributed by atoms with van der Waals surface area (Å²) < 4.78 is 18.0. The Morgan fingerprint density at radius 3 is 2.36 bits per heavy atom. The van der Waals surface area contributed by atoms with Crippen molar-refractivity contribution in [3.8, 4) is 5.75 Å². The summed E-state index contributed by atoms with van der Waals surface area (Å²) >= 11 is 0. The van der Waals surface area contributed by atoms with E-state index < -0.39 is 0 Å². The lowest BCUT2D eigenvalue weighted by Gasteiger charge is -2.08. The maximum Gasteiger partial charge on any atom is 0.255 e. The number of nitrogens with one attached hydrogen (secondary N) is 3. The summed E-state index contributed by atoms with van der Waals surface area (Å²) in [5.41, 5.74) is 7.90. The number of benzene rings is 2. The van der Waals surface area contributed by atoms with Crippen LogP contribution in [0, 0.1) is 5.82 Å². The second-order valence-electron chi connectivity index (χ2n) is 5.86. The molecule has 2 aromatic carbocycles. The van der Waals surface area contributed by atoms with Gasteiger partial charge in [0.2, 0.25) is 11.6 Å². The molecule has 28 heavy (non-hydrogen) atoms. The first-order valence-electron chi connectivity index (χ1n) is 8.30. The molecule has 0 saturated carbocycles. The van der Waals surface area contributed by atoms with Crippen LogP contribution in [-0.4, -0.2) is 13.0 Å². The zero-order valence-electron chi connectivity index (χ0n) is 15.1. The van der Waals surface area contributed by atoms with Gasteiger partial charge in [0.15, 0.2) is 0 Å². The normalized spacial score (nSPS) is 9.93. The Labute approximate surface area is 168 Å². The first-order valence-corrected chi connectivity index (χ1v) is 8.30. The van der Waals surface area contributed by atoms with Crippen LogP contribution in [0.2, 0.25) is 0 Å². The lowest BCUT2D eigenvalue weighted by molar-refractivity contribution is -0.342. The third-order valence-corrected chi connectivity index (χ3v) is 3.97. The van der Waals surface area contributed by atoms with Crippen LogP contribution in [0.25, 0.3) is 0 Å². The van der Waals surface area contributed by atoms with Gasteiger partial charge in [-0.1, -0.05) is 12.1 Å². The smallest absolute Gasteiger partial charge is 0.255 e. The Morgan fingerprint density at radius 1 is 1.07 bits per heavy atom. The molecule has 0 atom stereocenters. The molecule has 5 N–H and O–H groups in total. The van der Waals surface area contributed by atoms with Crippen LogP contribution in [0.3, 0.4) is 0 Å². The fourth-order valence-corrected chi connectivity index (χ4v) is 2.46. The number of halogens is 2. The average molecular weight is 403 g/mol. The number of methoxy groups -OCH3 is 1. The summed E-state index contributed by atoms with van der Waals surface area (Å²) in [4.78, 5) is 15.3. The third kappa shape index (κ3) is 5.34. The first-order chi connectivity index (χ1) is 13.0. The number of nitrogen functional groups attached to an aromatic ring is 1. The molecule has 146 valence electrons. The average Bonchev–Trinajstić information content (AvgIpc) is 2.69. The molecule has 0 bridgehead atoms. The predicted octanol–water partition coefficient (Wildman–Crippen LogP) is 0.0990. The van der Waals surface area contributed by atoms with Crippen LogP contribution in [0.4, 0.5) is 21.7 Å². The number of carbonyl (C=O) groups excluding carboxylic acids is 1. The van der Waals surface area contributed by atoms with Gasteiger partial charge in [0, 0.05) is 11.6 Å². The number of H-pyrrole nitrogens is 1. The standard InChI is InChI=1S/C20H19FN4O2.ClH/c1-27-16-8-4-14(5-9-16)20(26)24-17-10-11-18(25-19(17)22)23-12-13-2-6-15(21)7-3-13;/h2-11H,12H2,1H3,(H,24,26)(H3,22,23,25);1H. The van der Waals surface area contributed by atoms with E-state index in [2.05, 4.69) is 15.6 Å². The molecule has 0 unspecified atom stereocenters. The highest BCUT2D eigenvalue weighted by atomic mass is 35.5. The topological polar surface area (TPSA) is 90.5 Å². The third-order valence-electron chi connectivity index (χ3n) is 3.97. The van der Waals surface area contributed by atoms with Crippen molar-refractivity contribution in [3.05, 3.63) is 77.6 Å². The van der Waals surface area contributed by atoms with Crippen molar-refractivity contribution in [1.82, 2.24) is 0 Å². The van der Waals surface area contributed by atoms with Gasteiger partial charge in [0.1, 0.15) is 17.3 Å². The number of rotatable bonds is 6. The second-order valence-corrected chi connectivity index (χ2v) is 5.86. The molecule has 0 aliphatic rings. The summed E-state index contributed by atoms with van der Waals surface area (Å²) in [6.07, 6.45) is 0. The van der Waals surface area contributed by atoms with Gasteiger partial charge < -0.3 is 33.5 Å². The zero-order chi connectivity index (χ0) is 19.2. The largest absolute Gasteiger partial charge is 1.00 e. The van der Waals surface area contributed by atoms with E-state index in [1.807, 2.05) is 0 Å². The number of aromatic amines is 1. The molecule has 1 amide bonds. The van der Waals surface area contributed by atoms with Gasteiger partial charge >= 0.3 is 0 Å². The molecule has 1 heterocycles. The van der Waals surface area contributed by atoms with Crippen LogP contribution in [0.5, 0.6) is 5.75 Å². The molecule has 0 aliphatic carbocycles.